The molecule has 1 aliphatic carbocycles. The Kier molecular flexibility index (Phi) is 8.86. The SMILES string of the molecule is CC1(C)CCC(CN2CCN(c3cccc(Oc4cnc5c(ccn5S(=O)(=O)c5ccc6ccccc6c5)c4)c3)CC2)=C(c2ccc(Cl)cc2)C1. The van der Waals surface area contributed by atoms with Gasteiger partial charge in [-0.25, -0.2) is 17.4 Å². The van der Waals surface area contributed by atoms with Crippen LogP contribution in [0.25, 0.3) is 27.4 Å². The molecule has 0 bridgehead atoms. The summed E-state index contributed by atoms with van der Waals surface area (Å²) in [5.41, 5.74) is 6.13. The summed E-state index contributed by atoms with van der Waals surface area (Å²) in [7, 11) is -3.84. The number of ether oxygens (including phenoxy) is 1. The Morgan fingerprint density at radius 3 is 2.39 bits per heavy atom. The number of rotatable bonds is 8. The van der Waals surface area contributed by atoms with Gasteiger partial charge in [-0.15, -0.1) is 0 Å². The number of benzene rings is 4. The molecule has 0 unspecified atom stereocenters. The van der Waals surface area contributed by atoms with Gasteiger partial charge in [0.1, 0.15) is 11.5 Å². The Balaban J connectivity index is 0.938. The first kappa shape index (κ1) is 33.5. The van der Waals surface area contributed by atoms with Crippen LogP contribution in [0.15, 0.2) is 126 Å². The lowest BCUT2D eigenvalue weighted by Gasteiger charge is -2.39. The highest BCUT2D eigenvalue weighted by molar-refractivity contribution is 7.90. The summed E-state index contributed by atoms with van der Waals surface area (Å²) in [6.45, 7) is 9.62. The first-order valence-electron chi connectivity index (χ1n) is 17.5. The van der Waals surface area contributed by atoms with Gasteiger partial charge in [0.15, 0.2) is 5.65 Å². The minimum absolute atomic E-state index is 0.219. The fraction of sp³-hybridized carbons (Fsp3) is 0.262. The number of hydrogen-bond donors (Lipinski definition) is 0. The highest BCUT2D eigenvalue weighted by Gasteiger charge is 2.29. The molecule has 1 fully saturated rings. The molecular weight excluding hydrogens is 676 g/mol. The molecule has 2 aromatic heterocycles. The second kappa shape index (κ2) is 13.5. The summed E-state index contributed by atoms with van der Waals surface area (Å²) in [4.78, 5) is 9.76. The van der Waals surface area contributed by atoms with Gasteiger partial charge in [0, 0.05) is 61.1 Å². The molecule has 2 aliphatic rings. The minimum Gasteiger partial charge on any atom is -0.456 e. The summed E-state index contributed by atoms with van der Waals surface area (Å²) >= 11 is 6.22. The largest absolute Gasteiger partial charge is 0.456 e. The number of fused-ring (bicyclic) bond motifs is 2. The van der Waals surface area contributed by atoms with E-state index >= 15 is 0 Å². The number of anilines is 1. The third-order valence-electron chi connectivity index (χ3n) is 10.3. The molecule has 6 aromatic rings. The van der Waals surface area contributed by atoms with Crippen molar-refractivity contribution in [1.82, 2.24) is 13.9 Å². The number of aromatic nitrogens is 2. The van der Waals surface area contributed by atoms with Gasteiger partial charge in [-0.2, -0.15) is 0 Å². The van der Waals surface area contributed by atoms with Crippen LogP contribution >= 0.6 is 11.6 Å². The molecule has 260 valence electrons. The first-order chi connectivity index (χ1) is 24.6. The maximum absolute atomic E-state index is 13.6. The first-order valence-corrected chi connectivity index (χ1v) is 19.4. The Bertz CT molecular complexity index is 2380. The topological polar surface area (TPSA) is 67.7 Å². The van der Waals surface area contributed by atoms with Crippen molar-refractivity contribution in [3.05, 3.63) is 132 Å². The van der Waals surface area contributed by atoms with Crippen LogP contribution in [0.5, 0.6) is 11.5 Å². The highest BCUT2D eigenvalue weighted by Crippen LogP contribution is 2.43. The second-order valence-corrected chi connectivity index (χ2v) is 16.8. The van der Waals surface area contributed by atoms with E-state index in [1.54, 1.807) is 36.2 Å². The Morgan fingerprint density at radius 1 is 0.804 bits per heavy atom. The summed E-state index contributed by atoms with van der Waals surface area (Å²) in [6, 6.07) is 33.0. The van der Waals surface area contributed by atoms with Gasteiger partial charge in [0.25, 0.3) is 10.0 Å². The van der Waals surface area contributed by atoms with E-state index in [4.69, 9.17) is 16.3 Å². The lowest BCUT2D eigenvalue weighted by atomic mass is 9.72. The summed E-state index contributed by atoms with van der Waals surface area (Å²) in [5, 5.41) is 3.31. The molecule has 0 radical (unpaired) electrons. The highest BCUT2D eigenvalue weighted by atomic mass is 35.5. The molecule has 1 saturated heterocycles. The van der Waals surface area contributed by atoms with Crippen molar-refractivity contribution in [2.24, 2.45) is 5.41 Å². The van der Waals surface area contributed by atoms with Crippen molar-refractivity contribution in [3.8, 4) is 11.5 Å². The van der Waals surface area contributed by atoms with Crippen LogP contribution in [-0.4, -0.2) is 55.0 Å². The average molecular weight is 717 g/mol. The van der Waals surface area contributed by atoms with Crippen molar-refractivity contribution < 1.29 is 13.2 Å². The zero-order valence-electron chi connectivity index (χ0n) is 28.9. The Labute approximate surface area is 304 Å². The van der Waals surface area contributed by atoms with E-state index < -0.39 is 10.0 Å². The Hall–Kier alpha value is -4.63. The standard InChI is InChI=1S/C42H41ClN4O3S/c1-42(2)18-16-34(40(27-42)31-10-13-35(43)14-11-31)29-45-20-22-46(23-21-45)36-8-5-9-37(26-36)50-38-24-33-17-19-47(41(33)44-28-38)51(48,49)39-15-12-30-6-3-4-7-32(30)25-39/h3-15,17,19,24-26,28H,16,18,20-23,27,29H2,1-2H3. The average Bonchev–Trinajstić information content (AvgIpc) is 3.57. The zero-order chi connectivity index (χ0) is 35.2. The van der Waals surface area contributed by atoms with Gasteiger partial charge in [-0.3, -0.25) is 4.90 Å². The molecule has 51 heavy (non-hydrogen) atoms. The van der Waals surface area contributed by atoms with Crippen molar-refractivity contribution in [1.29, 1.82) is 0 Å². The van der Waals surface area contributed by atoms with Gasteiger partial charge in [-0.05, 0) is 95.1 Å². The van der Waals surface area contributed by atoms with Crippen LogP contribution in [0, 0.1) is 5.41 Å². The van der Waals surface area contributed by atoms with Gasteiger partial charge in [0.2, 0.25) is 0 Å². The molecule has 9 heteroatoms. The molecule has 4 aromatic carbocycles. The Morgan fingerprint density at radius 2 is 1.59 bits per heavy atom. The van der Waals surface area contributed by atoms with Crippen LogP contribution < -0.4 is 9.64 Å². The van der Waals surface area contributed by atoms with Crippen LogP contribution in [0.4, 0.5) is 5.69 Å². The summed E-state index contributed by atoms with van der Waals surface area (Å²) < 4.78 is 34.8. The molecule has 0 atom stereocenters. The minimum atomic E-state index is -3.84. The van der Waals surface area contributed by atoms with Crippen LogP contribution in [0.2, 0.25) is 5.02 Å². The number of nitrogens with zero attached hydrogens (tertiary/aromatic N) is 4. The lowest BCUT2D eigenvalue weighted by Crippen LogP contribution is -2.47. The zero-order valence-corrected chi connectivity index (χ0v) is 30.5. The predicted octanol–water partition coefficient (Wildman–Crippen LogP) is 9.66. The molecule has 0 amide bonds. The van der Waals surface area contributed by atoms with E-state index in [1.807, 2.05) is 60.7 Å². The third-order valence-corrected chi connectivity index (χ3v) is 12.2. The molecule has 0 spiro atoms. The molecule has 3 heterocycles. The quantitative estimate of drug-likeness (QED) is 0.156. The fourth-order valence-electron chi connectivity index (χ4n) is 7.45. The van der Waals surface area contributed by atoms with E-state index in [-0.39, 0.29) is 4.90 Å². The molecule has 0 N–H and O–H groups in total. The third kappa shape index (κ3) is 7.01. The van der Waals surface area contributed by atoms with Gasteiger partial charge < -0.3 is 9.64 Å². The van der Waals surface area contributed by atoms with Crippen LogP contribution in [0.1, 0.15) is 38.7 Å². The van der Waals surface area contributed by atoms with Crippen molar-refractivity contribution in [2.75, 3.05) is 37.6 Å². The summed E-state index contributed by atoms with van der Waals surface area (Å²) in [5.74, 6) is 1.26. The van der Waals surface area contributed by atoms with Crippen molar-refractivity contribution >= 4 is 54.7 Å². The maximum Gasteiger partial charge on any atom is 0.269 e. The lowest BCUT2D eigenvalue weighted by molar-refractivity contribution is 0.264. The number of piperazine rings is 1. The fourth-order valence-corrected chi connectivity index (χ4v) is 8.92. The van der Waals surface area contributed by atoms with Crippen molar-refractivity contribution in [2.45, 2.75) is 38.0 Å². The molecule has 0 saturated carbocycles. The normalized spacial score (nSPS) is 17.0. The van der Waals surface area contributed by atoms with Gasteiger partial charge in [-0.1, -0.05) is 79.6 Å². The smallest absolute Gasteiger partial charge is 0.269 e. The van der Waals surface area contributed by atoms with E-state index in [0.717, 1.165) is 67.0 Å². The number of halogens is 1. The second-order valence-electron chi connectivity index (χ2n) is 14.5. The van der Waals surface area contributed by atoms with Crippen LogP contribution in [0.3, 0.4) is 0 Å². The number of pyridine rings is 1. The van der Waals surface area contributed by atoms with E-state index in [2.05, 4.69) is 52.9 Å². The monoisotopic (exact) mass is 716 g/mol. The number of hydrogen-bond acceptors (Lipinski definition) is 6. The molecule has 8 rings (SSSR count). The van der Waals surface area contributed by atoms with Gasteiger partial charge in [0.05, 0.1) is 11.1 Å². The molecule has 1 aliphatic heterocycles. The van der Waals surface area contributed by atoms with Crippen molar-refractivity contribution in [3.63, 3.8) is 0 Å². The molecular formula is C42H41ClN4O3S. The number of allylic oxidation sites excluding steroid dienone is 1. The maximum atomic E-state index is 13.6. The van der Waals surface area contributed by atoms with E-state index in [9.17, 15) is 8.42 Å². The predicted molar refractivity (Wildman–Crippen MR) is 207 cm³/mol. The van der Waals surface area contributed by atoms with E-state index in [0.29, 0.717) is 27.9 Å². The van der Waals surface area contributed by atoms with E-state index in [1.165, 1.54) is 21.5 Å². The van der Waals surface area contributed by atoms with Gasteiger partial charge >= 0.3 is 0 Å². The van der Waals surface area contributed by atoms with Crippen LogP contribution in [-0.2, 0) is 10.0 Å². The summed E-state index contributed by atoms with van der Waals surface area (Å²) in [6.07, 6.45) is 6.58. The molecule has 7 nitrogen and oxygen atoms in total.